The fourth-order valence-electron chi connectivity index (χ4n) is 2.43. The molecule has 3 rings (SSSR count). The average Bonchev–Trinajstić information content (AvgIpc) is 2.39. The fourth-order valence-corrected chi connectivity index (χ4v) is 2.43. The van der Waals surface area contributed by atoms with Gasteiger partial charge >= 0.3 is 0 Å². The molecule has 0 atom stereocenters. The number of aryl methyl sites for hydroxylation is 1. The van der Waals surface area contributed by atoms with Crippen LogP contribution in [0.3, 0.4) is 0 Å². The zero-order chi connectivity index (χ0) is 12.5. The van der Waals surface area contributed by atoms with Crippen LogP contribution in [0.15, 0.2) is 36.4 Å². The van der Waals surface area contributed by atoms with Gasteiger partial charge in [-0.15, -0.1) is 0 Å². The molecule has 0 bridgehead atoms. The molecule has 0 aromatic heterocycles. The summed E-state index contributed by atoms with van der Waals surface area (Å²) in [5.74, 6) is 0.354. The van der Waals surface area contributed by atoms with E-state index in [2.05, 4.69) is 43.3 Å². The highest BCUT2D eigenvalue weighted by atomic mass is 16.7. The van der Waals surface area contributed by atoms with Crippen molar-refractivity contribution >= 4 is 10.8 Å². The van der Waals surface area contributed by atoms with Crippen molar-refractivity contribution in [2.45, 2.75) is 26.1 Å². The Kier molecular flexibility index (Phi) is 3.06. The standard InChI is InChI=1S/C16H18O2/c1-11-3-4-14-8-15(6-5-13(14)7-11)16-9-17-12(2)18-10-16/h3-8,12,16H,9-10H2,1-2H3. The summed E-state index contributed by atoms with van der Waals surface area (Å²) in [4.78, 5) is 0. The SMILES string of the molecule is Cc1ccc2cc(C3COC(C)OC3)ccc2c1. The summed E-state index contributed by atoms with van der Waals surface area (Å²) in [6, 6.07) is 13.2. The second-order valence-electron chi connectivity index (χ2n) is 5.04. The Morgan fingerprint density at radius 1 is 0.944 bits per heavy atom. The van der Waals surface area contributed by atoms with Crippen LogP contribution in [0.5, 0.6) is 0 Å². The lowest BCUT2D eigenvalue weighted by Gasteiger charge is -2.27. The van der Waals surface area contributed by atoms with Crippen molar-refractivity contribution in [3.8, 4) is 0 Å². The van der Waals surface area contributed by atoms with E-state index in [-0.39, 0.29) is 6.29 Å². The minimum atomic E-state index is -0.0654. The first-order valence-electron chi connectivity index (χ1n) is 6.46. The van der Waals surface area contributed by atoms with E-state index in [0.717, 1.165) is 13.2 Å². The Morgan fingerprint density at radius 3 is 2.39 bits per heavy atom. The molecule has 1 aliphatic rings. The van der Waals surface area contributed by atoms with E-state index in [4.69, 9.17) is 9.47 Å². The van der Waals surface area contributed by atoms with Gasteiger partial charge in [-0.05, 0) is 30.2 Å². The van der Waals surface area contributed by atoms with Gasteiger partial charge in [-0.1, -0.05) is 42.0 Å². The van der Waals surface area contributed by atoms with Crippen LogP contribution in [0.2, 0.25) is 0 Å². The highest BCUT2D eigenvalue weighted by molar-refractivity contribution is 5.83. The van der Waals surface area contributed by atoms with E-state index in [1.54, 1.807) is 0 Å². The molecule has 2 nitrogen and oxygen atoms in total. The molecule has 0 amide bonds. The zero-order valence-electron chi connectivity index (χ0n) is 10.8. The molecule has 0 saturated carbocycles. The second-order valence-corrected chi connectivity index (χ2v) is 5.04. The van der Waals surface area contributed by atoms with Crippen LogP contribution in [0.25, 0.3) is 10.8 Å². The summed E-state index contributed by atoms with van der Waals surface area (Å²) in [5.41, 5.74) is 2.60. The third-order valence-corrected chi connectivity index (χ3v) is 3.56. The molecule has 0 spiro atoms. The third-order valence-electron chi connectivity index (χ3n) is 3.56. The van der Waals surface area contributed by atoms with Gasteiger partial charge in [0.25, 0.3) is 0 Å². The number of hydrogen-bond donors (Lipinski definition) is 0. The Bertz CT molecular complexity index is 554. The van der Waals surface area contributed by atoms with E-state index in [1.807, 2.05) is 6.92 Å². The lowest BCUT2D eigenvalue weighted by molar-refractivity contribution is -0.176. The topological polar surface area (TPSA) is 18.5 Å². The second kappa shape index (κ2) is 4.71. The predicted molar refractivity (Wildman–Crippen MR) is 72.8 cm³/mol. The number of benzene rings is 2. The van der Waals surface area contributed by atoms with Gasteiger partial charge < -0.3 is 9.47 Å². The Hall–Kier alpha value is -1.38. The fraction of sp³-hybridized carbons (Fsp3) is 0.375. The molecule has 2 aromatic rings. The Balaban J connectivity index is 1.91. The first kappa shape index (κ1) is 11.7. The van der Waals surface area contributed by atoms with Gasteiger partial charge in [0, 0.05) is 5.92 Å². The molecule has 0 unspecified atom stereocenters. The Labute approximate surface area is 108 Å². The zero-order valence-corrected chi connectivity index (χ0v) is 10.8. The van der Waals surface area contributed by atoms with Crippen molar-refractivity contribution in [3.63, 3.8) is 0 Å². The summed E-state index contributed by atoms with van der Waals surface area (Å²) < 4.78 is 11.1. The summed E-state index contributed by atoms with van der Waals surface area (Å²) in [5, 5.41) is 2.58. The first-order valence-corrected chi connectivity index (χ1v) is 6.46. The van der Waals surface area contributed by atoms with Crippen molar-refractivity contribution in [2.24, 2.45) is 0 Å². The monoisotopic (exact) mass is 242 g/mol. The smallest absolute Gasteiger partial charge is 0.154 e. The van der Waals surface area contributed by atoms with Gasteiger partial charge in [0.05, 0.1) is 13.2 Å². The van der Waals surface area contributed by atoms with Crippen molar-refractivity contribution in [2.75, 3.05) is 13.2 Å². The van der Waals surface area contributed by atoms with Crippen molar-refractivity contribution < 1.29 is 9.47 Å². The van der Waals surface area contributed by atoms with Gasteiger partial charge in [-0.2, -0.15) is 0 Å². The number of hydrogen-bond acceptors (Lipinski definition) is 2. The molecule has 2 heteroatoms. The molecular weight excluding hydrogens is 224 g/mol. The third kappa shape index (κ3) is 2.26. The highest BCUT2D eigenvalue weighted by Gasteiger charge is 2.20. The molecule has 0 aliphatic carbocycles. The number of ether oxygens (including phenoxy) is 2. The van der Waals surface area contributed by atoms with Gasteiger partial charge in [0.2, 0.25) is 0 Å². The van der Waals surface area contributed by atoms with E-state index >= 15 is 0 Å². The quantitative estimate of drug-likeness (QED) is 0.760. The van der Waals surface area contributed by atoms with E-state index in [9.17, 15) is 0 Å². The molecular formula is C16H18O2. The lowest BCUT2D eigenvalue weighted by Crippen LogP contribution is -2.28. The first-order chi connectivity index (χ1) is 8.72. The summed E-state index contributed by atoms with van der Waals surface area (Å²) >= 11 is 0. The molecule has 94 valence electrons. The predicted octanol–water partition coefficient (Wildman–Crippen LogP) is 3.62. The van der Waals surface area contributed by atoms with E-state index in [1.165, 1.54) is 21.9 Å². The van der Waals surface area contributed by atoms with Gasteiger partial charge in [-0.3, -0.25) is 0 Å². The van der Waals surface area contributed by atoms with Crippen LogP contribution in [0.4, 0.5) is 0 Å². The van der Waals surface area contributed by atoms with Crippen LogP contribution in [0.1, 0.15) is 24.0 Å². The summed E-state index contributed by atoms with van der Waals surface area (Å²) in [7, 11) is 0. The van der Waals surface area contributed by atoms with E-state index < -0.39 is 0 Å². The van der Waals surface area contributed by atoms with Gasteiger partial charge in [-0.25, -0.2) is 0 Å². The highest BCUT2D eigenvalue weighted by Crippen LogP contribution is 2.26. The van der Waals surface area contributed by atoms with Crippen molar-refractivity contribution in [3.05, 3.63) is 47.5 Å². The van der Waals surface area contributed by atoms with Crippen LogP contribution in [0, 0.1) is 6.92 Å². The minimum absolute atomic E-state index is 0.0654. The maximum absolute atomic E-state index is 5.55. The molecule has 2 aromatic carbocycles. The normalized spacial score (nSPS) is 24.3. The molecule has 0 N–H and O–H groups in total. The lowest BCUT2D eigenvalue weighted by atomic mass is 9.96. The largest absolute Gasteiger partial charge is 0.352 e. The molecule has 1 fully saturated rings. The van der Waals surface area contributed by atoms with Gasteiger partial charge in [0.15, 0.2) is 6.29 Å². The van der Waals surface area contributed by atoms with Crippen LogP contribution in [-0.2, 0) is 9.47 Å². The molecule has 1 heterocycles. The van der Waals surface area contributed by atoms with Crippen LogP contribution in [-0.4, -0.2) is 19.5 Å². The molecule has 1 aliphatic heterocycles. The maximum Gasteiger partial charge on any atom is 0.154 e. The average molecular weight is 242 g/mol. The Morgan fingerprint density at radius 2 is 1.61 bits per heavy atom. The maximum atomic E-state index is 5.55. The summed E-state index contributed by atoms with van der Waals surface area (Å²) in [6.45, 7) is 5.56. The van der Waals surface area contributed by atoms with Crippen LogP contribution >= 0.6 is 0 Å². The summed E-state index contributed by atoms with van der Waals surface area (Å²) in [6.07, 6.45) is -0.0654. The molecule has 0 radical (unpaired) electrons. The number of rotatable bonds is 1. The van der Waals surface area contributed by atoms with Crippen LogP contribution < -0.4 is 0 Å². The van der Waals surface area contributed by atoms with Crippen molar-refractivity contribution in [1.29, 1.82) is 0 Å². The van der Waals surface area contributed by atoms with Crippen molar-refractivity contribution in [1.82, 2.24) is 0 Å². The molecule has 18 heavy (non-hydrogen) atoms. The minimum Gasteiger partial charge on any atom is -0.352 e. The van der Waals surface area contributed by atoms with E-state index in [0.29, 0.717) is 5.92 Å². The van der Waals surface area contributed by atoms with Gasteiger partial charge in [0.1, 0.15) is 0 Å². The number of fused-ring (bicyclic) bond motifs is 1. The molecule has 1 saturated heterocycles.